The van der Waals surface area contributed by atoms with Crippen molar-refractivity contribution in [3.05, 3.63) is 0 Å². The van der Waals surface area contributed by atoms with Crippen molar-refractivity contribution in [2.45, 2.75) is 37.4 Å². The van der Waals surface area contributed by atoms with Crippen LogP contribution in [0.4, 0.5) is 0 Å². The lowest BCUT2D eigenvalue weighted by Gasteiger charge is -2.32. The normalized spacial score (nSPS) is 25.0. The molecule has 0 saturated heterocycles. The summed E-state index contributed by atoms with van der Waals surface area (Å²) in [5.41, 5.74) is 0. The summed E-state index contributed by atoms with van der Waals surface area (Å²) in [4.78, 5) is 17.5. The molecule has 0 aromatic rings. The highest BCUT2D eigenvalue weighted by Gasteiger charge is 2.45. The molecule has 5 heteroatoms. The summed E-state index contributed by atoms with van der Waals surface area (Å²) in [6, 6.07) is 0. The van der Waals surface area contributed by atoms with Gasteiger partial charge in [0, 0.05) is 0 Å². The Labute approximate surface area is 65.4 Å². The Balaban J connectivity index is 2.72. The molecule has 3 N–H and O–H groups in total. The van der Waals surface area contributed by atoms with Gasteiger partial charge in [0.25, 0.3) is 0 Å². The van der Waals surface area contributed by atoms with Crippen LogP contribution in [0, 0.1) is 0 Å². The van der Waals surface area contributed by atoms with Crippen LogP contribution in [0.3, 0.4) is 0 Å². The first-order chi connectivity index (χ1) is 4.96. The maximum Gasteiger partial charge on any atom is 0.356 e. The Morgan fingerprint density at radius 3 is 1.82 bits per heavy atom. The third kappa shape index (κ3) is 1.82. The van der Waals surface area contributed by atoms with Crippen LogP contribution in [0.25, 0.3) is 0 Å². The molecule has 0 bridgehead atoms. The zero-order valence-corrected chi connectivity index (χ0v) is 7.13. The quantitative estimate of drug-likeness (QED) is 0.522. The first kappa shape index (κ1) is 9.20. The van der Waals surface area contributed by atoms with Crippen LogP contribution in [0.15, 0.2) is 0 Å². The number of rotatable bonds is 1. The lowest BCUT2D eigenvalue weighted by molar-refractivity contribution is 0.0551. The average Bonchev–Trinajstić information content (AvgIpc) is 1.87. The monoisotopic (exact) mass is 180 g/mol. The fourth-order valence-electron chi connectivity index (χ4n) is 1.41. The molecular formula is C6H13O4P. The largest absolute Gasteiger partial charge is 0.377 e. The van der Waals surface area contributed by atoms with Crippen LogP contribution in [0.2, 0.25) is 0 Å². The summed E-state index contributed by atoms with van der Waals surface area (Å²) < 4.78 is 10.8. The van der Waals surface area contributed by atoms with E-state index in [1.54, 1.807) is 0 Å². The van der Waals surface area contributed by atoms with Crippen LogP contribution in [-0.2, 0) is 4.57 Å². The number of hydrogen-bond acceptors (Lipinski definition) is 2. The van der Waals surface area contributed by atoms with Crippen molar-refractivity contribution in [3.63, 3.8) is 0 Å². The molecule has 0 radical (unpaired) electrons. The van der Waals surface area contributed by atoms with Gasteiger partial charge < -0.3 is 14.9 Å². The number of aliphatic hydroxyl groups is 1. The smallest absolute Gasteiger partial charge is 0.356 e. The van der Waals surface area contributed by atoms with E-state index >= 15 is 0 Å². The van der Waals surface area contributed by atoms with Crippen LogP contribution >= 0.6 is 7.60 Å². The third-order valence-corrected chi connectivity index (χ3v) is 3.73. The lowest BCUT2D eigenvalue weighted by atomic mass is 9.97. The molecule has 1 fully saturated rings. The Morgan fingerprint density at radius 1 is 1.09 bits per heavy atom. The predicted molar refractivity (Wildman–Crippen MR) is 40.1 cm³/mol. The van der Waals surface area contributed by atoms with Crippen molar-refractivity contribution in [3.8, 4) is 0 Å². The molecule has 0 heterocycles. The highest BCUT2D eigenvalue weighted by Crippen LogP contribution is 2.55. The standard InChI is InChI=1S/C6H13O4P/c7-6(11(8,9)10)4-2-1-3-5-6/h7H,1-5H2,(H2,8,9,10). The van der Waals surface area contributed by atoms with E-state index in [1.165, 1.54) is 0 Å². The maximum absolute atomic E-state index is 10.8. The van der Waals surface area contributed by atoms with E-state index in [0.717, 1.165) is 6.42 Å². The molecular weight excluding hydrogens is 167 g/mol. The van der Waals surface area contributed by atoms with Crippen LogP contribution in [-0.4, -0.2) is 20.2 Å². The lowest BCUT2D eigenvalue weighted by Crippen LogP contribution is -2.30. The van der Waals surface area contributed by atoms with Crippen LogP contribution in [0.5, 0.6) is 0 Å². The second-order valence-corrected chi connectivity index (χ2v) is 5.01. The summed E-state index contributed by atoms with van der Waals surface area (Å²) in [5.74, 6) is 0. The first-order valence-corrected chi connectivity index (χ1v) is 5.35. The summed E-state index contributed by atoms with van der Waals surface area (Å²) in [6.45, 7) is 0. The van der Waals surface area contributed by atoms with Gasteiger partial charge >= 0.3 is 7.60 Å². The fraction of sp³-hybridized carbons (Fsp3) is 1.00. The summed E-state index contributed by atoms with van der Waals surface area (Å²) in [6.07, 6.45) is 2.85. The molecule has 1 aliphatic carbocycles. The highest BCUT2D eigenvalue weighted by molar-refractivity contribution is 7.53. The molecule has 0 aromatic carbocycles. The molecule has 0 unspecified atom stereocenters. The Hall–Kier alpha value is 0.110. The highest BCUT2D eigenvalue weighted by atomic mass is 31.2. The maximum atomic E-state index is 10.8. The van der Waals surface area contributed by atoms with E-state index in [9.17, 15) is 9.67 Å². The van der Waals surface area contributed by atoms with Gasteiger partial charge in [0.2, 0.25) is 0 Å². The molecule has 4 nitrogen and oxygen atoms in total. The molecule has 11 heavy (non-hydrogen) atoms. The van der Waals surface area contributed by atoms with E-state index in [2.05, 4.69) is 0 Å². The van der Waals surface area contributed by atoms with Gasteiger partial charge in [-0.2, -0.15) is 0 Å². The van der Waals surface area contributed by atoms with E-state index in [4.69, 9.17) is 9.79 Å². The second kappa shape index (κ2) is 2.87. The molecule has 1 aliphatic rings. The van der Waals surface area contributed by atoms with Crippen LogP contribution in [0.1, 0.15) is 32.1 Å². The Kier molecular flexibility index (Phi) is 2.40. The summed E-state index contributed by atoms with van der Waals surface area (Å²) in [7, 11) is -4.30. The molecule has 1 saturated carbocycles. The van der Waals surface area contributed by atoms with E-state index in [0.29, 0.717) is 12.8 Å². The third-order valence-electron chi connectivity index (χ3n) is 2.20. The van der Waals surface area contributed by atoms with Gasteiger partial charge in [-0.1, -0.05) is 6.42 Å². The average molecular weight is 180 g/mol. The molecule has 0 amide bonds. The topological polar surface area (TPSA) is 77.8 Å². The zero-order chi connectivity index (χ0) is 8.54. The number of hydrogen-bond donors (Lipinski definition) is 3. The van der Waals surface area contributed by atoms with E-state index in [-0.39, 0.29) is 12.8 Å². The van der Waals surface area contributed by atoms with Crippen molar-refractivity contribution in [2.24, 2.45) is 0 Å². The van der Waals surface area contributed by atoms with Crippen molar-refractivity contribution in [2.75, 3.05) is 0 Å². The second-order valence-electron chi connectivity index (χ2n) is 3.09. The molecule has 0 spiro atoms. The van der Waals surface area contributed by atoms with E-state index < -0.39 is 12.9 Å². The molecule has 1 rings (SSSR count). The Morgan fingerprint density at radius 2 is 1.55 bits per heavy atom. The van der Waals surface area contributed by atoms with Gasteiger partial charge in [0.05, 0.1) is 0 Å². The molecule has 0 aromatic heterocycles. The molecule has 66 valence electrons. The van der Waals surface area contributed by atoms with Gasteiger partial charge in [0.1, 0.15) is 0 Å². The van der Waals surface area contributed by atoms with Gasteiger partial charge in [-0.15, -0.1) is 0 Å². The minimum absolute atomic E-state index is 0.233. The minimum atomic E-state index is -4.30. The van der Waals surface area contributed by atoms with Crippen molar-refractivity contribution in [1.29, 1.82) is 0 Å². The Bertz CT molecular complexity index is 179. The van der Waals surface area contributed by atoms with Crippen molar-refractivity contribution in [1.82, 2.24) is 0 Å². The zero-order valence-electron chi connectivity index (χ0n) is 6.23. The summed E-state index contributed by atoms with van der Waals surface area (Å²) >= 11 is 0. The minimum Gasteiger partial charge on any atom is -0.377 e. The van der Waals surface area contributed by atoms with Gasteiger partial charge in [-0.3, -0.25) is 4.57 Å². The van der Waals surface area contributed by atoms with Crippen molar-refractivity contribution >= 4 is 7.60 Å². The predicted octanol–water partition coefficient (Wildman–Crippen LogP) is 0.817. The molecule has 0 atom stereocenters. The van der Waals surface area contributed by atoms with Gasteiger partial charge in [-0.05, 0) is 25.7 Å². The summed E-state index contributed by atoms with van der Waals surface area (Å²) in [5, 5.41) is 7.73. The van der Waals surface area contributed by atoms with Crippen LogP contribution < -0.4 is 0 Å². The van der Waals surface area contributed by atoms with Gasteiger partial charge in [0.15, 0.2) is 5.34 Å². The van der Waals surface area contributed by atoms with E-state index in [1.807, 2.05) is 0 Å². The SMILES string of the molecule is O=P(O)(O)C1(O)CCCCC1. The first-order valence-electron chi connectivity index (χ1n) is 3.74. The van der Waals surface area contributed by atoms with Gasteiger partial charge in [-0.25, -0.2) is 0 Å². The van der Waals surface area contributed by atoms with Crippen molar-refractivity contribution < 1.29 is 19.5 Å². The molecule has 0 aliphatic heterocycles. The fourth-order valence-corrected chi connectivity index (χ4v) is 2.31.